The molecule has 0 unspecified atom stereocenters. The van der Waals surface area contributed by atoms with E-state index in [9.17, 15) is 4.79 Å². The topological polar surface area (TPSA) is 26.3 Å². The molecule has 2 heteroatoms. The van der Waals surface area contributed by atoms with Crippen LogP contribution in [0.15, 0.2) is 18.2 Å². The van der Waals surface area contributed by atoms with E-state index in [-0.39, 0.29) is 0 Å². The van der Waals surface area contributed by atoms with Gasteiger partial charge in [0, 0.05) is 5.56 Å². The average molecular weight is 135 g/mol. The minimum Gasteiger partial charge on any atom is -0.497 e. The third kappa shape index (κ3) is 1.35. The summed E-state index contributed by atoms with van der Waals surface area (Å²) < 4.78 is 4.87. The summed E-state index contributed by atoms with van der Waals surface area (Å²) in [6.07, 6.45) is 0.749. The van der Waals surface area contributed by atoms with Gasteiger partial charge in [0.2, 0.25) is 0 Å². The van der Waals surface area contributed by atoms with Crippen molar-refractivity contribution in [1.82, 2.24) is 0 Å². The molecule has 0 spiro atoms. The second-order valence-electron chi connectivity index (χ2n) is 1.80. The van der Waals surface area contributed by atoms with Crippen LogP contribution in [0.5, 0.6) is 5.75 Å². The Morgan fingerprint density at radius 1 is 1.60 bits per heavy atom. The maximum absolute atomic E-state index is 10.1. The molecule has 10 heavy (non-hydrogen) atoms. The van der Waals surface area contributed by atoms with Crippen LogP contribution >= 0.6 is 0 Å². The molecule has 1 aromatic rings. The van der Waals surface area contributed by atoms with Crippen LogP contribution in [0.4, 0.5) is 0 Å². The van der Waals surface area contributed by atoms with Crippen LogP contribution in [-0.4, -0.2) is 13.4 Å². The van der Waals surface area contributed by atoms with Gasteiger partial charge >= 0.3 is 0 Å². The zero-order valence-corrected chi connectivity index (χ0v) is 5.63. The van der Waals surface area contributed by atoms with Gasteiger partial charge in [-0.15, -0.1) is 0 Å². The maximum Gasteiger partial charge on any atom is 0.150 e. The van der Waals surface area contributed by atoms with Crippen molar-refractivity contribution in [2.24, 2.45) is 0 Å². The first kappa shape index (κ1) is 6.81. The number of aldehydes is 1. The Bertz CT molecular complexity index is 213. The van der Waals surface area contributed by atoms with Crippen LogP contribution in [0.25, 0.3) is 0 Å². The molecule has 0 heterocycles. The Labute approximate surface area is 59.4 Å². The van der Waals surface area contributed by atoms with Crippen LogP contribution < -0.4 is 4.74 Å². The number of carbonyl (C=O) groups excluding carboxylic acids is 1. The molecule has 0 fully saturated rings. The number of rotatable bonds is 2. The van der Waals surface area contributed by atoms with Crippen LogP contribution in [0.2, 0.25) is 0 Å². The number of hydrogen-bond donors (Lipinski definition) is 0. The molecule has 0 saturated carbocycles. The third-order valence-corrected chi connectivity index (χ3v) is 1.17. The molecule has 51 valence electrons. The van der Waals surface area contributed by atoms with Crippen molar-refractivity contribution in [2.75, 3.05) is 7.11 Å². The van der Waals surface area contributed by atoms with Gasteiger partial charge in [-0.25, -0.2) is 0 Å². The summed E-state index contributed by atoms with van der Waals surface area (Å²) in [4.78, 5) is 10.1. The van der Waals surface area contributed by atoms with Crippen molar-refractivity contribution in [2.45, 2.75) is 0 Å². The summed E-state index contributed by atoms with van der Waals surface area (Å²) in [6.45, 7) is 0. The van der Waals surface area contributed by atoms with E-state index in [0.29, 0.717) is 11.3 Å². The van der Waals surface area contributed by atoms with E-state index in [0.717, 1.165) is 6.29 Å². The predicted octanol–water partition coefficient (Wildman–Crippen LogP) is 1.31. The van der Waals surface area contributed by atoms with E-state index in [1.807, 2.05) is 0 Å². The molecule has 1 radical (unpaired) electrons. The van der Waals surface area contributed by atoms with Crippen LogP contribution in [0.3, 0.4) is 0 Å². The van der Waals surface area contributed by atoms with E-state index in [1.165, 1.54) is 0 Å². The SMILES string of the molecule is COc1c[c]c(C=O)cc1. The molecule has 0 aliphatic rings. The van der Waals surface area contributed by atoms with Gasteiger partial charge in [-0.3, -0.25) is 4.79 Å². The smallest absolute Gasteiger partial charge is 0.150 e. The molecule has 1 aromatic carbocycles. The summed E-state index contributed by atoms with van der Waals surface area (Å²) in [5.41, 5.74) is 0.542. The van der Waals surface area contributed by atoms with Gasteiger partial charge in [-0.1, -0.05) is 0 Å². The molecule has 0 aliphatic heterocycles. The lowest BCUT2D eigenvalue weighted by Crippen LogP contribution is -1.83. The highest BCUT2D eigenvalue weighted by molar-refractivity contribution is 5.74. The summed E-state index contributed by atoms with van der Waals surface area (Å²) >= 11 is 0. The summed E-state index contributed by atoms with van der Waals surface area (Å²) in [5.74, 6) is 0.714. The minimum atomic E-state index is 0.542. The van der Waals surface area contributed by atoms with Crippen molar-refractivity contribution >= 4 is 6.29 Å². The Morgan fingerprint density at radius 3 is 2.80 bits per heavy atom. The van der Waals surface area contributed by atoms with Crippen molar-refractivity contribution in [3.05, 3.63) is 29.8 Å². The molecule has 0 atom stereocenters. The van der Waals surface area contributed by atoms with Crippen molar-refractivity contribution in [3.8, 4) is 5.75 Å². The van der Waals surface area contributed by atoms with E-state index >= 15 is 0 Å². The molecule has 0 bridgehead atoms. The average Bonchev–Trinajstić information content (AvgIpc) is 2.05. The second-order valence-corrected chi connectivity index (χ2v) is 1.80. The van der Waals surface area contributed by atoms with E-state index in [1.54, 1.807) is 25.3 Å². The van der Waals surface area contributed by atoms with Crippen molar-refractivity contribution in [3.63, 3.8) is 0 Å². The Hall–Kier alpha value is -1.31. The first-order valence-electron chi connectivity index (χ1n) is 2.87. The van der Waals surface area contributed by atoms with Gasteiger partial charge in [0.25, 0.3) is 0 Å². The van der Waals surface area contributed by atoms with Gasteiger partial charge in [0.1, 0.15) is 5.75 Å². The first-order chi connectivity index (χ1) is 4.86. The van der Waals surface area contributed by atoms with E-state index < -0.39 is 0 Å². The summed E-state index contributed by atoms with van der Waals surface area (Å²) in [7, 11) is 1.57. The normalized spacial score (nSPS) is 8.90. The zero-order chi connectivity index (χ0) is 7.40. The number of ether oxygens (including phenoxy) is 1. The molecule has 1 rings (SSSR count). The fourth-order valence-electron chi connectivity index (χ4n) is 0.623. The predicted molar refractivity (Wildman–Crippen MR) is 37.2 cm³/mol. The highest BCUT2D eigenvalue weighted by atomic mass is 16.5. The Morgan fingerprint density at radius 2 is 2.40 bits per heavy atom. The molecular formula is C8H7O2. The van der Waals surface area contributed by atoms with E-state index in [2.05, 4.69) is 6.07 Å². The summed E-state index contributed by atoms with van der Waals surface area (Å²) in [5, 5.41) is 0. The molecule has 0 aliphatic carbocycles. The highest BCUT2D eigenvalue weighted by Gasteiger charge is 1.90. The van der Waals surface area contributed by atoms with Gasteiger partial charge < -0.3 is 4.74 Å². The maximum atomic E-state index is 10.1. The van der Waals surface area contributed by atoms with Crippen LogP contribution in [0.1, 0.15) is 10.4 Å². The number of hydrogen-bond acceptors (Lipinski definition) is 2. The third-order valence-electron chi connectivity index (χ3n) is 1.17. The van der Waals surface area contributed by atoms with Crippen LogP contribution in [-0.2, 0) is 0 Å². The molecule has 0 N–H and O–H groups in total. The Kier molecular flexibility index (Phi) is 2.05. The quantitative estimate of drug-likeness (QED) is 0.571. The van der Waals surface area contributed by atoms with Crippen molar-refractivity contribution in [1.29, 1.82) is 0 Å². The van der Waals surface area contributed by atoms with Crippen molar-refractivity contribution < 1.29 is 9.53 Å². The standard InChI is InChI=1S/C8H7O2/c1-10-8-4-2-7(6-9)3-5-8/h2,4-6H,1H3. The second kappa shape index (κ2) is 3.01. The molecule has 2 nitrogen and oxygen atoms in total. The van der Waals surface area contributed by atoms with Gasteiger partial charge in [0.05, 0.1) is 7.11 Å². The molecular weight excluding hydrogens is 128 g/mol. The lowest BCUT2D eigenvalue weighted by atomic mass is 10.2. The van der Waals surface area contributed by atoms with Gasteiger partial charge in [0.15, 0.2) is 6.29 Å². The number of carbonyl (C=O) groups is 1. The molecule has 0 amide bonds. The fourth-order valence-corrected chi connectivity index (χ4v) is 0.623. The Balaban J connectivity index is 2.90. The molecule has 0 saturated heterocycles. The number of benzene rings is 1. The summed E-state index contributed by atoms with van der Waals surface area (Å²) in [6, 6.07) is 7.75. The van der Waals surface area contributed by atoms with Gasteiger partial charge in [-0.2, -0.15) is 0 Å². The highest BCUT2D eigenvalue weighted by Crippen LogP contribution is 2.08. The zero-order valence-electron chi connectivity index (χ0n) is 5.63. The lowest BCUT2D eigenvalue weighted by molar-refractivity contribution is 0.112. The molecule has 0 aromatic heterocycles. The fraction of sp³-hybridized carbons (Fsp3) is 0.125. The monoisotopic (exact) mass is 135 g/mol. The van der Waals surface area contributed by atoms with E-state index in [4.69, 9.17) is 4.74 Å². The van der Waals surface area contributed by atoms with Crippen LogP contribution in [0, 0.1) is 6.07 Å². The largest absolute Gasteiger partial charge is 0.497 e. The minimum absolute atomic E-state index is 0.542. The van der Waals surface area contributed by atoms with Gasteiger partial charge in [-0.05, 0) is 24.3 Å². The first-order valence-corrected chi connectivity index (χ1v) is 2.87. The number of methoxy groups -OCH3 is 1. The lowest BCUT2D eigenvalue weighted by Gasteiger charge is -1.96.